The quantitative estimate of drug-likeness (QED) is 0.803. The molecule has 1 saturated carbocycles. The molecule has 2 aliphatic heterocycles. The molecule has 2 fully saturated rings. The second-order valence-corrected chi connectivity index (χ2v) is 6.72. The van der Waals surface area contributed by atoms with Gasteiger partial charge in [0.15, 0.2) is 0 Å². The van der Waals surface area contributed by atoms with E-state index in [0.717, 1.165) is 6.54 Å². The topological polar surface area (TPSA) is 12.5 Å². The predicted octanol–water partition coefficient (Wildman–Crippen LogP) is 4.09. The molecule has 20 heavy (non-hydrogen) atoms. The molecule has 2 nitrogen and oxygen atoms in total. The summed E-state index contributed by atoms with van der Waals surface area (Å²) in [5.74, 6) is 1.93. The Morgan fingerprint density at radius 2 is 1.85 bits per heavy atom. The second-order valence-electron chi connectivity index (χ2n) is 6.72. The van der Waals surface area contributed by atoms with Gasteiger partial charge in [-0.1, -0.05) is 31.0 Å². The van der Waals surface area contributed by atoms with Crippen LogP contribution in [0.4, 0.5) is 0 Å². The lowest BCUT2D eigenvalue weighted by atomic mass is 9.83. The van der Waals surface area contributed by atoms with Crippen molar-refractivity contribution in [1.82, 2.24) is 4.90 Å². The number of ether oxygens (including phenoxy) is 1. The summed E-state index contributed by atoms with van der Waals surface area (Å²) < 4.78 is 6.36. The van der Waals surface area contributed by atoms with Gasteiger partial charge in [0.05, 0.1) is 0 Å². The number of fused-ring (bicyclic) bond motifs is 3. The third-order valence-electron chi connectivity index (χ3n) is 5.34. The Labute approximate surface area is 122 Å². The summed E-state index contributed by atoms with van der Waals surface area (Å²) in [6, 6.07) is 6.84. The number of hydrogen-bond acceptors (Lipinski definition) is 2. The molecule has 0 spiro atoms. The summed E-state index contributed by atoms with van der Waals surface area (Å²) in [6.45, 7) is 3.61. The van der Waals surface area contributed by atoms with E-state index in [9.17, 15) is 0 Å². The Morgan fingerprint density at radius 1 is 1.00 bits per heavy atom. The molecular formula is C18H25NO. The first-order chi connectivity index (χ1) is 9.92. The van der Waals surface area contributed by atoms with Gasteiger partial charge >= 0.3 is 0 Å². The second kappa shape index (κ2) is 5.40. The van der Waals surface area contributed by atoms with E-state index in [1.54, 1.807) is 0 Å². The molecular weight excluding hydrogens is 246 g/mol. The number of rotatable bonds is 2. The molecule has 0 radical (unpaired) electrons. The van der Waals surface area contributed by atoms with Gasteiger partial charge in [0, 0.05) is 23.6 Å². The zero-order chi connectivity index (χ0) is 13.4. The van der Waals surface area contributed by atoms with E-state index in [2.05, 4.69) is 23.1 Å². The van der Waals surface area contributed by atoms with Crippen LogP contribution in [0, 0.1) is 0 Å². The van der Waals surface area contributed by atoms with Gasteiger partial charge in [0.1, 0.15) is 11.9 Å². The molecule has 0 bridgehead atoms. The fourth-order valence-corrected chi connectivity index (χ4v) is 4.27. The summed E-state index contributed by atoms with van der Waals surface area (Å²) in [4.78, 5) is 2.60. The monoisotopic (exact) mass is 271 g/mol. The minimum Gasteiger partial charge on any atom is -0.489 e. The molecule has 2 heteroatoms. The van der Waals surface area contributed by atoms with Crippen molar-refractivity contribution in [3.63, 3.8) is 0 Å². The molecule has 1 aliphatic carbocycles. The molecule has 4 rings (SSSR count). The summed E-state index contributed by atoms with van der Waals surface area (Å²) in [6.07, 6.45) is 9.90. The van der Waals surface area contributed by atoms with Crippen LogP contribution >= 0.6 is 0 Å². The SMILES string of the molecule is c1cc(CN2CCCCC2)c2c(c1)C1CCCCC1O2. The van der Waals surface area contributed by atoms with Crippen LogP contribution in [-0.2, 0) is 6.54 Å². The largest absolute Gasteiger partial charge is 0.489 e. The van der Waals surface area contributed by atoms with Crippen molar-refractivity contribution in [3.05, 3.63) is 29.3 Å². The summed E-state index contributed by atoms with van der Waals surface area (Å²) in [7, 11) is 0. The number of nitrogens with zero attached hydrogens (tertiary/aromatic N) is 1. The molecule has 2 atom stereocenters. The highest BCUT2D eigenvalue weighted by molar-refractivity contribution is 5.47. The van der Waals surface area contributed by atoms with E-state index in [1.807, 2.05) is 0 Å². The van der Waals surface area contributed by atoms with E-state index in [0.29, 0.717) is 12.0 Å². The van der Waals surface area contributed by atoms with Gasteiger partial charge in [-0.15, -0.1) is 0 Å². The van der Waals surface area contributed by atoms with Crippen molar-refractivity contribution < 1.29 is 4.74 Å². The highest BCUT2D eigenvalue weighted by Gasteiger charge is 2.37. The zero-order valence-electron chi connectivity index (χ0n) is 12.3. The summed E-state index contributed by atoms with van der Waals surface area (Å²) >= 11 is 0. The number of hydrogen-bond donors (Lipinski definition) is 0. The first kappa shape index (κ1) is 12.7. The molecule has 1 aromatic carbocycles. The Kier molecular flexibility index (Phi) is 3.43. The van der Waals surface area contributed by atoms with Gasteiger partial charge < -0.3 is 4.74 Å². The molecule has 3 aliphatic rings. The molecule has 1 aromatic rings. The lowest BCUT2D eigenvalue weighted by Crippen LogP contribution is -2.29. The van der Waals surface area contributed by atoms with Crippen LogP contribution in [0.3, 0.4) is 0 Å². The third kappa shape index (κ3) is 2.24. The van der Waals surface area contributed by atoms with Crippen LogP contribution in [0.5, 0.6) is 5.75 Å². The number of benzene rings is 1. The highest BCUT2D eigenvalue weighted by Crippen LogP contribution is 2.47. The van der Waals surface area contributed by atoms with Crippen molar-refractivity contribution in [1.29, 1.82) is 0 Å². The van der Waals surface area contributed by atoms with Gasteiger partial charge in [-0.2, -0.15) is 0 Å². The van der Waals surface area contributed by atoms with Crippen molar-refractivity contribution in [2.24, 2.45) is 0 Å². The first-order valence-electron chi connectivity index (χ1n) is 8.42. The standard InChI is InChI=1S/C18H25NO/c1-4-11-19(12-5-1)13-14-7-6-9-16-15-8-2-3-10-17(15)20-18(14)16/h6-7,9,15,17H,1-5,8,10-13H2. The fraction of sp³-hybridized carbons (Fsp3) is 0.667. The molecule has 0 N–H and O–H groups in total. The Bertz CT molecular complexity index is 478. The Hall–Kier alpha value is -1.02. The van der Waals surface area contributed by atoms with Crippen molar-refractivity contribution in [2.45, 2.75) is 63.5 Å². The molecule has 108 valence electrons. The fourth-order valence-electron chi connectivity index (χ4n) is 4.27. The number of piperidine rings is 1. The van der Waals surface area contributed by atoms with Crippen molar-refractivity contribution in [2.75, 3.05) is 13.1 Å². The minimum absolute atomic E-state index is 0.473. The molecule has 2 unspecified atom stereocenters. The smallest absolute Gasteiger partial charge is 0.127 e. The van der Waals surface area contributed by atoms with E-state index in [-0.39, 0.29) is 0 Å². The van der Waals surface area contributed by atoms with Crippen molar-refractivity contribution >= 4 is 0 Å². The lowest BCUT2D eigenvalue weighted by Gasteiger charge is -2.27. The van der Waals surface area contributed by atoms with Crippen LogP contribution in [0.25, 0.3) is 0 Å². The Morgan fingerprint density at radius 3 is 2.75 bits per heavy atom. The van der Waals surface area contributed by atoms with Crippen LogP contribution in [0.1, 0.15) is 62.0 Å². The first-order valence-corrected chi connectivity index (χ1v) is 8.42. The van der Waals surface area contributed by atoms with Gasteiger partial charge in [0.25, 0.3) is 0 Å². The Balaban J connectivity index is 1.58. The van der Waals surface area contributed by atoms with Crippen LogP contribution in [0.15, 0.2) is 18.2 Å². The summed E-state index contributed by atoms with van der Waals surface area (Å²) in [5, 5.41) is 0. The van der Waals surface area contributed by atoms with Crippen molar-refractivity contribution in [3.8, 4) is 5.75 Å². The normalized spacial score (nSPS) is 29.6. The zero-order valence-corrected chi connectivity index (χ0v) is 12.3. The lowest BCUT2D eigenvalue weighted by molar-refractivity contribution is 0.159. The third-order valence-corrected chi connectivity index (χ3v) is 5.34. The van der Waals surface area contributed by atoms with Gasteiger partial charge in [-0.05, 0) is 45.2 Å². The van der Waals surface area contributed by atoms with E-state index in [4.69, 9.17) is 4.74 Å². The van der Waals surface area contributed by atoms with Gasteiger partial charge in [-0.3, -0.25) is 4.90 Å². The van der Waals surface area contributed by atoms with Gasteiger partial charge in [0.2, 0.25) is 0 Å². The highest BCUT2D eigenvalue weighted by atomic mass is 16.5. The average molecular weight is 271 g/mol. The molecule has 1 saturated heterocycles. The van der Waals surface area contributed by atoms with Gasteiger partial charge in [-0.25, -0.2) is 0 Å². The molecule has 2 heterocycles. The van der Waals surface area contributed by atoms with E-state index in [1.165, 1.54) is 74.9 Å². The van der Waals surface area contributed by atoms with E-state index < -0.39 is 0 Å². The molecule has 0 amide bonds. The van der Waals surface area contributed by atoms with Crippen LogP contribution in [0.2, 0.25) is 0 Å². The van der Waals surface area contributed by atoms with Crippen LogP contribution < -0.4 is 4.74 Å². The van der Waals surface area contributed by atoms with E-state index >= 15 is 0 Å². The maximum Gasteiger partial charge on any atom is 0.127 e. The summed E-state index contributed by atoms with van der Waals surface area (Å²) in [5.41, 5.74) is 2.93. The maximum atomic E-state index is 6.36. The predicted molar refractivity (Wildman–Crippen MR) is 81.2 cm³/mol. The minimum atomic E-state index is 0.473. The number of para-hydroxylation sites is 1. The maximum absolute atomic E-state index is 6.36. The number of likely N-dealkylation sites (tertiary alicyclic amines) is 1. The molecule has 0 aromatic heterocycles. The van der Waals surface area contributed by atoms with Crippen LogP contribution in [-0.4, -0.2) is 24.1 Å². The average Bonchev–Trinajstić information content (AvgIpc) is 2.88.